The summed E-state index contributed by atoms with van der Waals surface area (Å²) in [5.74, 6) is 0. The summed E-state index contributed by atoms with van der Waals surface area (Å²) in [5, 5.41) is 0. The first-order valence-electron chi connectivity index (χ1n) is 6.02. The van der Waals surface area contributed by atoms with Crippen molar-refractivity contribution in [2.45, 2.75) is 25.2 Å². The third-order valence-electron chi connectivity index (χ3n) is 4.17. The Bertz CT molecular complexity index is 589. The zero-order valence-electron chi connectivity index (χ0n) is 9.46. The van der Waals surface area contributed by atoms with Crippen LogP contribution in [0.25, 0.3) is 11.1 Å². The molecule has 0 atom stereocenters. The van der Waals surface area contributed by atoms with Gasteiger partial charge >= 0.3 is 0 Å². The summed E-state index contributed by atoms with van der Waals surface area (Å²) < 4.78 is 0. The van der Waals surface area contributed by atoms with Crippen LogP contribution < -0.4 is 0 Å². The first-order chi connectivity index (χ1) is 7.81. The highest BCUT2D eigenvalue weighted by Crippen LogP contribution is 2.62. The molecule has 0 heteroatoms. The Balaban J connectivity index is 2.11. The molecule has 0 nitrogen and oxygen atoms in total. The molecule has 2 aromatic rings. The predicted molar refractivity (Wildman–Crippen MR) is 66.6 cm³/mol. The maximum Gasteiger partial charge on any atom is 0.0216 e. The van der Waals surface area contributed by atoms with Crippen LogP contribution in [-0.4, -0.2) is 0 Å². The Morgan fingerprint density at radius 3 is 2.44 bits per heavy atom. The molecule has 78 valence electrons. The lowest BCUT2D eigenvalue weighted by Gasteiger charge is -2.10. The second-order valence-electron chi connectivity index (χ2n) is 5.18. The van der Waals surface area contributed by atoms with Crippen LogP contribution in [-0.2, 0) is 5.41 Å². The van der Waals surface area contributed by atoms with Crippen LogP contribution in [0.15, 0.2) is 42.5 Å². The number of benzene rings is 2. The van der Waals surface area contributed by atoms with Gasteiger partial charge < -0.3 is 0 Å². The number of aryl methyl sites for hydroxylation is 1. The van der Waals surface area contributed by atoms with E-state index in [0.717, 1.165) is 0 Å². The molecule has 0 bridgehead atoms. The van der Waals surface area contributed by atoms with Gasteiger partial charge in [0.05, 0.1) is 0 Å². The first kappa shape index (κ1) is 8.58. The summed E-state index contributed by atoms with van der Waals surface area (Å²) in [6.45, 7) is 2.19. The average molecular weight is 206 g/mol. The smallest absolute Gasteiger partial charge is 0.0216 e. The zero-order chi connectivity index (χ0) is 10.8. The average Bonchev–Trinajstić information content (AvgIpc) is 3.05. The second kappa shape index (κ2) is 2.57. The van der Waals surface area contributed by atoms with E-state index in [4.69, 9.17) is 0 Å². The van der Waals surface area contributed by atoms with Gasteiger partial charge in [-0.1, -0.05) is 48.0 Å². The van der Waals surface area contributed by atoms with Gasteiger partial charge in [-0.25, -0.2) is 0 Å². The molecule has 4 rings (SSSR count). The van der Waals surface area contributed by atoms with Gasteiger partial charge in [-0.15, -0.1) is 0 Å². The lowest BCUT2D eigenvalue weighted by molar-refractivity contribution is 0.877. The molecule has 2 aliphatic carbocycles. The van der Waals surface area contributed by atoms with Crippen LogP contribution in [0.2, 0.25) is 0 Å². The second-order valence-corrected chi connectivity index (χ2v) is 5.18. The lowest BCUT2D eigenvalue weighted by atomic mass is 9.93. The predicted octanol–water partition coefficient (Wildman–Crippen LogP) is 4.06. The van der Waals surface area contributed by atoms with Gasteiger partial charge in [0.1, 0.15) is 0 Å². The van der Waals surface area contributed by atoms with E-state index in [1.807, 2.05) is 0 Å². The number of fused-ring (bicyclic) bond motifs is 5. The molecular formula is C16H14. The Morgan fingerprint density at radius 1 is 0.875 bits per heavy atom. The van der Waals surface area contributed by atoms with Crippen LogP contribution >= 0.6 is 0 Å². The van der Waals surface area contributed by atoms with Crippen molar-refractivity contribution >= 4 is 0 Å². The lowest BCUT2D eigenvalue weighted by Crippen LogP contribution is -2.03. The van der Waals surface area contributed by atoms with Gasteiger partial charge in [0, 0.05) is 5.41 Å². The molecule has 2 aliphatic rings. The number of hydrogen-bond donors (Lipinski definition) is 0. The number of rotatable bonds is 0. The largest absolute Gasteiger partial charge is 0.0619 e. The summed E-state index contributed by atoms with van der Waals surface area (Å²) in [6, 6.07) is 15.9. The van der Waals surface area contributed by atoms with Gasteiger partial charge in [0.2, 0.25) is 0 Å². The first-order valence-corrected chi connectivity index (χ1v) is 6.02. The third-order valence-corrected chi connectivity index (χ3v) is 4.17. The molecule has 1 fully saturated rings. The van der Waals surface area contributed by atoms with Crippen LogP contribution in [0.3, 0.4) is 0 Å². The minimum Gasteiger partial charge on any atom is -0.0619 e. The highest BCUT2D eigenvalue weighted by atomic mass is 14.5. The molecule has 0 aliphatic heterocycles. The Labute approximate surface area is 95.9 Å². The quantitative estimate of drug-likeness (QED) is 0.610. The highest BCUT2D eigenvalue weighted by molar-refractivity contribution is 5.82. The Morgan fingerprint density at radius 2 is 1.62 bits per heavy atom. The molecule has 16 heavy (non-hydrogen) atoms. The molecule has 0 amide bonds. The van der Waals surface area contributed by atoms with E-state index in [1.165, 1.54) is 29.5 Å². The minimum absolute atomic E-state index is 0.401. The van der Waals surface area contributed by atoms with Crippen LogP contribution in [0, 0.1) is 6.92 Å². The molecule has 1 saturated carbocycles. The van der Waals surface area contributed by atoms with Crippen molar-refractivity contribution in [2.24, 2.45) is 0 Å². The SMILES string of the molecule is Cc1ccc2c(c1)C1(CC1)c1ccccc1-2. The summed E-state index contributed by atoms with van der Waals surface area (Å²) in [5.41, 5.74) is 7.87. The van der Waals surface area contributed by atoms with E-state index in [0.29, 0.717) is 5.41 Å². The fraction of sp³-hybridized carbons (Fsp3) is 0.250. The zero-order valence-corrected chi connectivity index (χ0v) is 9.46. The van der Waals surface area contributed by atoms with Gasteiger partial charge in [0.15, 0.2) is 0 Å². The van der Waals surface area contributed by atoms with Crippen molar-refractivity contribution in [2.75, 3.05) is 0 Å². The van der Waals surface area contributed by atoms with Crippen LogP contribution in [0.5, 0.6) is 0 Å². The molecule has 0 unspecified atom stereocenters. The number of hydrogen-bond acceptors (Lipinski definition) is 0. The third kappa shape index (κ3) is 0.863. The fourth-order valence-corrected chi connectivity index (χ4v) is 3.23. The van der Waals surface area contributed by atoms with Crippen molar-refractivity contribution in [3.63, 3.8) is 0 Å². The van der Waals surface area contributed by atoms with Crippen molar-refractivity contribution in [3.8, 4) is 11.1 Å². The molecule has 0 aromatic heterocycles. The molecular weight excluding hydrogens is 192 g/mol. The van der Waals surface area contributed by atoms with E-state index >= 15 is 0 Å². The van der Waals surface area contributed by atoms with Crippen molar-refractivity contribution in [1.29, 1.82) is 0 Å². The van der Waals surface area contributed by atoms with Crippen molar-refractivity contribution < 1.29 is 0 Å². The van der Waals surface area contributed by atoms with E-state index in [1.54, 1.807) is 11.1 Å². The summed E-state index contributed by atoms with van der Waals surface area (Å²) in [4.78, 5) is 0. The topological polar surface area (TPSA) is 0 Å². The summed E-state index contributed by atoms with van der Waals surface area (Å²) >= 11 is 0. The minimum atomic E-state index is 0.401. The maximum atomic E-state index is 2.39. The van der Waals surface area contributed by atoms with Crippen molar-refractivity contribution in [1.82, 2.24) is 0 Å². The Kier molecular flexibility index (Phi) is 1.38. The van der Waals surface area contributed by atoms with E-state index in [9.17, 15) is 0 Å². The van der Waals surface area contributed by atoms with Gasteiger partial charge in [-0.3, -0.25) is 0 Å². The molecule has 2 aromatic carbocycles. The van der Waals surface area contributed by atoms with E-state index in [2.05, 4.69) is 49.4 Å². The standard InChI is InChI=1S/C16H14/c1-11-6-7-13-12-4-2-3-5-14(12)16(8-9-16)15(13)10-11/h2-7,10H,8-9H2,1H3. The summed E-state index contributed by atoms with van der Waals surface area (Å²) in [7, 11) is 0. The Hall–Kier alpha value is -1.56. The van der Waals surface area contributed by atoms with Gasteiger partial charge in [-0.2, -0.15) is 0 Å². The van der Waals surface area contributed by atoms with E-state index in [-0.39, 0.29) is 0 Å². The molecule has 0 saturated heterocycles. The highest BCUT2D eigenvalue weighted by Gasteiger charge is 2.51. The van der Waals surface area contributed by atoms with Crippen LogP contribution in [0.1, 0.15) is 29.5 Å². The maximum absolute atomic E-state index is 2.39. The fourth-order valence-electron chi connectivity index (χ4n) is 3.23. The summed E-state index contributed by atoms with van der Waals surface area (Å²) in [6.07, 6.45) is 2.67. The molecule has 1 spiro atoms. The van der Waals surface area contributed by atoms with Crippen LogP contribution in [0.4, 0.5) is 0 Å². The van der Waals surface area contributed by atoms with Gasteiger partial charge in [-0.05, 0) is 42.0 Å². The molecule has 0 N–H and O–H groups in total. The molecule has 0 radical (unpaired) electrons. The van der Waals surface area contributed by atoms with Gasteiger partial charge in [0.25, 0.3) is 0 Å². The molecule has 0 heterocycles. The van der Waals surface area contributed by atoms with E-state index < -0.39 is 0 Å². The van der Waals surface area contributed by atoms with Crippen molar-refractivity contribution in [3.05, 3.63) is 59.2 Å². The normalized spacial score (nSPS) is 18.3. The monoisotopic (exact) mass is 206 g/mol.